The minimum absolute atomic E-state index is 0.228. The lowest BCUT2D eigenvalue weighted by molar-refractivity contribution is 0.102. The van der Waals surface area contributed by atoms with Crippen molar-refractivity contribution >= 4 is 28.2 Å². The van der Waals surface area contributed by atoms with E-state index in [1.54, 1.807) is 12.1 Å². The number of nitrogens with zero attached hydrogens (tertiary/aromatic N) is 3. The Morgan fingerprint density at radius 1 is 1.19 bits per heavy atom. The molecule has 0 aliphatic rings. The highest BCUT2D eigenvalue weighted by molar-refractivity contribution is 7.13. The van der Waals surface area contributed by atoms with Gasteiger partial charge in [-0.05, 0) is 24.3 Å². The zero-order valence-electron chi connectivity index (χ0n) is 13.3. The van der Waals surface area contributed by atoms with Crippen LogP contribution in [0.4, 0.5) is 19.7 Å². The SMILES string of the molecule is O=C(Nc1nncs1)c1ccc(NCCOc2ccc(F)c(F)c2)nc1. The Morgan fingerprint density at radius 2 is 2.08 bits per heavy atom. The van der Waals surface area contributed by atoms with E-state index in [2.05, 4.69) is 25.8 Å². The number of carbonyl (C=O) groups excluding carboxylic acids is 1. The van der Waals surface area contributed by atoms with E-state index in [1.807, 2.05) is 0 Å². The van der Waals surface area contributed by atoms with Crippen LogP contribution in [0.5, 0.6) is 5.75 Å². The van der Waals surface area contributed by atoms with Crippen molar-refractivity contribution in [2.24, 2.45) is 0 Å². The number of hydrogen-bond acceptors (Lipinski definition) is 7. The maximum absolute atomic E-state index is 13.1. The first-order valence-electron chi connectivity index (χ1n) is 7.47. The number of carbonyl (C=O) groups is 1. The molecule has 134 valence electrons. The van der Waals surface area contributed by atoms with Gasteiger partial charge in [0.05, 0.1) is 12.1 Å². The molecule has 7 nitrogen and oxygen atoms in total. The molecular weight excluding hydrogens is 364 g/mol. The van der Waals surface area contributed by atoms with E-state index in [0.717, 1.165) is 12.1 Å². The van der Waals surface area contributed by atoms with Crippen molar-refractivity contribution < 1.29 is 18.3 Å². The van der Waals surface area contributed by atoms with Gasteiger partial charge in [-0.15, -0.1) is 10.2 Å². The van der Waals surface area contributed by atoms with Crippen molar-refractivity contribution in [2.75, 3.05) is 23.8 Å². The second-order valence-electron chi connectivity index (χ2n) is 4.98. The molecule has 10 heteroatoms. The lowest BCUT2D eigenvalue weighted by Crippen LogP contribution is -2.14. The summed E-state index contributed by atoms with van der Waals surface area (Å²) in [7, 11) is 0. The minimum Gasteiger partial charge on any atom is -0.492 e. The number of amides is 1. The van der Waals surface area contributed by atoms with Crippen LogP contribution in [0.2, 0.25) is 0 Å². The van der Waals surface area contributed by atoms with Gasteiger partial charge in [0.25, 0.3) is 5.91 Å². The quantitative estimate of drug-likeness (QED) is 0.616. The molecule has 0 aliphatic heterocycles. The second kappa shape index (κ2) is 8.30. The first-order chi connectivity index (χ1) is 12.6. The van der Waals surface area contributed by atoms with Crippen molar-refractivity contribution in [2.45, 2.75) is 0 Å². The molecule has 1 aromatic carbocycles. The predicted octanol–water partition coefficient (Wildman–Crippen LogP) is 2.95. The van der Waals surface area contributed by atoms with E-state index in [4.69, 9.17) is 4.74 Å². The summed E-state index contributed by atoms with van der Waals surface area (Å²) in [5.74, 6) is -1.43. The molecular formula is C16H13F2N5O2S. The van der Waals surface area contributed by atoms with Crippen molar-refractivity contribution in [3.05, 3.63) is 59.2 Å². The normalized spacial score (nSPS) is 10.4. The van der Waals surface area contributed by atoms with Gasteiger partial charge >= 0.3 is 0 Å². The molecule has 0 radical (unpaired) electrons. The maximum atomic E-state index is 13.1. The first-order valence-corrected chi connectivity index (χ1v) is 8.35. The fraction of sp³-hybridized carbons (Fsp3) is 0.125. The van der Waals surface area contributed by atoms with Gasteiger partial charge in [0, 0.05) is 12.3 Å². The third-order valence-corrected chi connectivity index (χ3v) is 3.78. The van der Waals surface area contributed by atoms with Gasteiger partial charge in [-0.1, -0.05) is 11.3 Å². The van der Waals surface area contributed by atoms with Gasteiger partial charge in [0.2, 0.25) is 5.13 Å². The lowest BCUT2D eigenvalue weighted by atomic mass is 10.2. The Balaban J connectivity index is 1.45. The first kappa shape index (κ1) is 17.7. The molecule has 26 heavy (non-hydrogen) atoms. The summed E-state index contributed by atoms with van der Waals surface area (Å²) in [5, 5.41) is 13.4. The van der Waals surface area contributed by atoms with Crippen LogP contribution in [-0.4, -0.2) is 34.2 Å². The Morgan fingerprint density at radius 3 is 2.77 bits per heavy atom. The number of rotatable bonds is 7. The molecule has 2 N–H and O–H groups in total. The standard InChI is InChI=1S/C16H13F2N5O2S/c17-12-3-2-11(7-13(12)18)25-6-5-19-14-4-1-10(8-20-14)15(24)22-16-23-21-9-26-16/h1-4,7-9H,5-6H2,(H,19,20)(H,22,23,24). The number of aromatic nitrogens is 3. The van der Waals surface area contributed by atoms with E-state index < -0.39 is 11.6 Å². The predicted molar refractivity (Wildman–Crippen MR) is 92.4 cm³/mol. The van der Waals surface area contributed by atoms with E-state index >= 15 is 0 Å². The van der Waals surface area contributed by atoms with E-state index in [0.29, 0.717) is 23.1 Å². The summed E-state index contributed by atoms with van der Waals surface area (Å²) in [6.07, 6.45) is 1.43. The average Bonchev–Trinajstić information content (AvgIpc) is 3.15. The fourth-order valence-electron chi connectivity index (χ4n) is 1.94. The molecule has 0 atom stereocenters. The molecule has 2 aromatic heterocycles. The smallest absolute Gasteiger partial charge is 0.259 e. The van der Waals surface area contributed by atoms with Crippen LogP contribution in [0.1, 0.15) is 10.4 Å². The second-order valence-corrected chi connectivity index (χ2v) is 5.81. The molecule has 0 aliphatic carbocycles. The number of anilines is 2. The summed E-state index contributed by atoms with van der Waals surface area (Å²) >= 11 is 1.22. The third-order valence-electron chi connectivity index (χ3n) is 3.17. The fourth-order valence-corrected chi connectivity index (χ4v) is 2.38. The Labute approximate surface area is 151 Å². The number of benzene rings is 1. The topological polar surface area (TPSA) is 89.0 Å². The summed E-state index contributed by atoms with van der Waals surface area (Å²) < 4.78 is 31.2. The van der Waals surface area contributed by atoms with Gasteiger partial charge in [0.1, 0.15) is 23.7 Å². The molecule has 0 bridgehead atoms. The van der Waals surface area contributed by atoms with E-state index in [9.17, 15) is 13.6 Å². The Bertz CT molecular complexity index is 875. The van der Waals surface area contributed by atoms with E-state index in [-0.39, 0.29) is 18.3 Å². The number of halogens is 2. The van der Waals surface area contributed by atoms with Crippen LogP contribution in [0, 0.1) is 11.6 Å². The molecule has 0 unspecified atom stereocenters. The summed E-state index contributed by atoms with van der Waals surface area (Å²) in [4.78, 5) is 16.1. The highest BCUT2D eigenvalue weighted by Gasteiger charge is 2.08. The lowest BCUT2D eigenvalue weighted by Gasteiger charge is -2.09. The molecule has 3 rings (SSSR count). The largest absolute Gasteiger partial charge is 0.492 e. The summed E-state index contributed by atoms with van der Waals surface area (Å²) in [6.45, 7) is 0.619. The van der Waals surface area contributed by atoms with Crippen molar-refractivity contribution in [3.8, 4) is 5.75 Å². The number of pyridine rings is 1. The van der Waals surface area contributed by atoms with Crippen molar-refractivity contribution in [1.29, 1.82) is 0 Å². The molecule has 0 spiro atoms. The van der Waals surface area contributed by atoms with Crippen LogP contribution in [0.15, 0.2) is 42.0 Å². The number of nitrogens with one attached hydrogen (secondary N) is 2. The van der Waals surface area contributed by atoms with Crippen LogP contribution >= 0.6 is 11.3 Å². The summed E-state index contributed by atoms with van der Waals surface area (Å²) in [6, 6.07) is 6.60. The monoisotopic (exact) mass is 377 g/mol. The minimum atomic E-state index is -0.959. The third kappa shape index (κ3) is 4.70. The molecule has 2 heterocycles. The van der Waals surface area contributed by atoms with Gasteiger partial charge < -0.3 is 10.1 Å². The molecule has 3 aromatic rings. The highest BCUT2D eigenvalue weighted by atomic mass is 32.1. The summed E-state index contributed by atoms with van der Waals surface area (Å²) in [5.41, 5.74) is 1.90. The zero-order chi connectivity index (χ0) is 18.4. The molecule has 0 saturated heterocycles. The van der Waals surface area contributed by atoms with Crippen LogP contribution in [-0.2, 0) is 0 Å². The number of hydrogen-bond donors (Lipinski definition) is 2. The average molecular weight is 377 g/mol. The number of ether oxygens (including phenoxy) is 1. The van der Waals surface area contributed by atoms with Gasteiger partial charge in [-0.2, -0.15) is 0 Å². The van der Waals surface area contributed by atoms with Gasteiger partial charge in [0.15, 0.2) is 11.6 Å². The molecule has 1 amide bonds. The van der Waals surface area contributed by atoms with Crippen molar-refractivity contribution in [3.63, 3.8) is 0 Å². The van der Waals surface area contributed by atoms with Gasteiger partial charge in [-0.25, -0.2) is 13.8 Å². The van der Waals surface area contributed by atoms with Gasteiger partial charge in [-0.3, -0.25) is 10.1 Å². The van der Waals surface area contributed by atoms with Crippen LogP contribution < -0.4 is 15.4 Å². The van der Waals surface area contributed by atoms with E-state index in [1.165, 1.54) is 29.1 Å². The van der Waals surface area contributed by atoms with Crippen LogP contribution in [0.3, 0.4) is 0 Å². The zero-order valence-corrected chi connectivity index (χ0v) is 14.1. The molecule has 0 fully saturated rings. The Hall–Kier alpha value is -3.14. The van der Waals surface area contributed by atoms with Crippen LogP contribution in [0.25, 0.3) is 0 Å². The molecule has 0 saturated carbocycles. The van der Waals surface area contributed by atoms with Crippen molar-refractivity contribution in [1.82, 2.24) is 15.2 Å². The maximum Gasteiger partial charge on any atom is 0.259 e. The highest BCUT2D eigenvalue weighted by Crippen LogP contribution is 2.15. The Kier molecular flexibility index (Phi) is 5.64.